The van der Waals surface area contributed by atoms with Gasteiger partial charge in [0, 0.05) is 11.9 Å². The fourth-order valence-electron chi connectivity index (χ4n) is 1.36. The number of nitrogens with one attached hydrogen (secondary N) is 1. The van der Waals surface area contributed by atoms with E-state index < -0.39 is 5.54 Å². The van der Waals surface area contributed by atoms with Crippen LogP contribution in [0.15, 0.2) is 18.3 Å². The highest BCUT2D eigenvalue weighted by molar-refractivity contribution is 5.94. The smallest absolute Gasteiger partial charge is 0.253 e. The molecule has 0 unspecified atom stereocenters. The van der Waals surface area contributed by atoms with Gasteiger partial charge in [-0.05, 0) is 25.0 Å². The van der Waals surface area contributed by atoms with E-state index in [2.05, 4.69) is 10.3 Å². The van der Waals surface area contributed by atoms with Gasteiger partial charge in [0.1, 0.15) is 0 Å². The predicted molar refractivity (Wildman–Crippen MR) is 68.4 cm³/mol. The third kappa shape index (κ3) is 3.51. The van der Waals surface area contributed by atoms with Gasteiger partial charge in [0.25, 0.3) is 5.91 Å². The predicted octanol–water partition coefficient (Wildman–Crippen LogP) is 0.678. The molecule has 0 fully saturated rings. The van der Waals surface area contributed by atoms with Crippen molar-refractivity contribution in [1.82, 2.24) is 10.3 Å². The number of amides is 1. The van der Waals surface area contributed by atoms with Crippen molar-refractivity contribution in [3.8, 4) is 0 Å². The SMILES string of the molecule is CC(C)c1ccc(C(=O)NC(C)(CO)CO)cn1. The number of aliphatic hydroxyl groups is 2. The summed E-state index contributed by atoms with van der Waals surface area (Å²) in [5.41, 5.74) is 0.305. The molecule has 0 aromatic carbocycles. The number of nitrogens with zero attached hydrogens (tertiary/aromatic N) is 1. The van der Waals surface area contributed by atoms with Gasteiger partial charge in [-0.3, -0.25) is 9.78 Å². The summed E-state index contributed by atoms with van der Waals surface area (Å²) >= 11 is 0. The average Bonchev–Trinajstić information content (AvgIpc) is 2.38. The van der Waals surface area contributed by atoms with E-state index in [0.29, 0.717) is 11.5 Å². The Morgan fingerprint density at radius 1 is 1.39 bits per heavy atom. The van der Waals surface area contributed by atoms with Gasteiger partial charge in [-0.2, -0.15) is 0 Å². The second-order valence-corrected chi connectivity index (χ2v) is 4.96. The van der Waals surface area contributed by atoms with Gasteiger partial charge < -0.3 is 15.5 Å². The van der Waals surface area contributed by atoms with E-state index in [1.54, 1.807) is 19.1 Å². The zero-order valence-electron chi connectivity index (χ0n) is 11.0. The molecule has 0 saturated heterocycles. The Bertz CT molecular complexity index is 397. The summed E-state index contributed by atoms with van der Waals surface area (Å²) in [6.07, 6.45) is 1.50. The summed E-state index contributed by atoms with van der Waals surface area (Å²) in [5, 5.41) is 20.8. The summed E-state index contributed by atoms with van der Waals surface area (Å²) in [6, 6.07) is 3.49. The van der Waals surface area contributed by atoms with Crippen molar-refractivity contribution in [2.24, 2.45) is 0 Å². The fourth-order valence-corrected chi connectivity index (χ4v) is 1.36. The number of pyridine rings is 1. The lowest BCUT2D eigenvalue weighted by molar-refractivity contribution is 0.0723. The number of aromatic nitrogens is 1. The molecule has 1 amide bonds. The Morgan fingerprint density at radius 3 is 2.39 bits per heavy atom. The van der Waals surface area contributed by atoms with Crippen LogP contribution in [-0.2, 0) is 0 Å². The molecule has 0 bridgehead atoms. The number of hydrogen-bond donors (Lipinski definition) is 3. The minimum atomic E-state index is -1.02. The van der Waals surface area contributed by atoms with Crippen molar-refractivity contribution < 1.29 is 15.0 Å². The Morgan fingerprint density at radius 2 is 2.00 bits per heavy atom. The van der Waals surface area contributed by atoms with E-state index in [1.165, 1.54) is 6.20 Å². The molecular formula is C13H20N2O3. The first-order valence-electron chi connectivity index (χ1n) is 5.92. The van der Waals surface area contributed by atoms with Gasteiger partial charge >= 0.3 is 0 Å². The van der Waals surface area contributed by atoms with Crippen molar-refractivity contribution in [3.05, 3.63) is 29.6 Å². The van der Waals surface area contributed by atoms with E-state index in [1.807, 2.05) is 13.8 Å². The lowest BCUT2D eigenvalue weighted by Gasteiger charge is -2.26. The van der Waals surface area contributed by atoms with Crippen LogP contribution in [0.3, 0.4) is 0 Å². The van der Waals surface area contributed by atoms with Crippen molar-refractivity contribution >= 4 is 5.91 Å². The molecule has 0 spiro atoms. The van der Waals surface area contributed by atoms with Crippen LogP contribution in [0.2, 0.25) is 0 Å². The molecule has 0 aliphatic heterocycles. The van der Waals surface area contributed by atoms with Crippen LogP contribution in [0.5, 0.6) is 0 Å². The second-order valence-electron chi connectivity index (χ2n) is 4.96. The maximum atomic E-state index is 11.9. The standard InChI is InChI=1S/C13H20N2O3/c1-9(2)11-5-4-10(6-14-11)12(18)15-13(3,7-16)8-17/h4-6,9,16-17H,7-8H2,1-3H3,(H,15,18). The van der Waals surface area contributed by atoms with Gasteiger partial charge in [0.15, 0.2) is 0 Å². The van der Waals surface area contributed by atoms with Crippen molar-refractivity contribution in [2.45, 2.75) is 32.2 Å². The fraction of sp³-hybridized carbons (Fsp3) is 0.538. The van der Waals surface area contributed by atoms with Gasteiger partial charge in [-0.15, -0.1) is 0 Å². The molecule has 1 aromatic rings. The second kappa shape index (κ2) is 5.93. The van der Waals surface area contributed by atoms with Crippen LogP contribution in [0.1, 0.15) is 42.7 Å². The van der Waals surface area contributed by atoms with Crippen molar-refractivity contribution in [2.75, 3.05) is 13.2 Å². The number of hydrogen-bond acceptors (Lipinski definition) is 4. The highest BCUT2D eigenvalue weighted by Crippen LogP contribution is 2.12. The average molecular weight is 252 g/mol. The van der Waals surface area contributed by atoms with Crippen LogP contribution >= 0.6 is 0 Å². The van der Waals surface area contributed by atoms with Gasteiger partial charge in [0.2, 0.25) is 0 Å². The van der Waals surface area contributed by atoms with Crippen molar-refractivity contribution in [1.29, 1.82) is 0 Å². The Balaban J connectivity index is 2.79. The number of rotatable bonds is 5. The van der Waals surface area contributed by atoms with E-state index in [9.17, 15) is 4.79 Å². The molecule has 0 aliphatic carbocycles. The summed E-state index contributed by atoms with van der Waals surface area (Å²) < 4.78 is 0. The van der Waals surface area contributed by atoms with E-state index in [0.717, 1.165) is 5.69 Å². The number of aliphatic hydroxyl groups excluding tert-OH is 2. The third-order valence-electron chi connectivity index (χ3n) is 2.75. The van der Waals surface area contributed by atoms with Crippen LogP contribution in [0.25, 0.3) is 0 Å². The molecule has 0 aliphatic rings. The summed E-state index contributed by atoms with van der Waals surface area (Å²) in [6.45, 7) is 4.97. The van der Waals surface area contributed by atoms with E-state index in [-0.39, 0.29) is 19.1 Å². The highest BCUT2D eigenvalue weighted by atomic mass is 16.3. The van der Waals surface area contributed by atoms with Crippen LogP contribution in [-0.4, -0.2) is 39.9 Å². The third-order valence-corrected chi connectivity index (χ3v) is 2.75. The monoisotopic (exact) mass is 252 g/mol. The maximum Gasteiger partial charge on any atom is 0.253 e. The first-order valence-corrected chi connectivity index (χ1v) is 5.92. The van der Waals surface area contributed by atoms with Gasteiger partial charge in [-0.25, -0.2) is 0 Å². The molecule has 100 valence electrons. The van der Waals surface area contributed by atoms with Gasteiger partial charge in [-0.1, -0.05) is 13.8 Å². The minimum Gasteiger partial charge on any atom is -0.394 e. The van der Waals surface area contributed by atoms with Crippen LogP contribution in [0, 0.1) is 0 Å². The summed E-state index contributed by atoms with van der Waals surface area (Å²) in [5.74, 6) is -0.0503. The molecule has 0 saturated carbocycles. The molecule has 5 heteroatoms. The highest BCUT2D eigenvalue weighted by Gasteiger charge is 2.25. The topological polar surface area (TPSA) is 82.5 Å². The molecular weight excluding hydrogens is 232 g/mol. The van der Waals surface area contributed by atoms with Crippen molar-refractivity contribution in [3.63, 3.8) is 0 Å². The number of carbonyl (C=O) groups excluding carboxylic acids is 1. The van der Waals surface area contributed by atoms with Gasteiger partial charge in [0.05, 0.1) is 24.3 Å². The Hall–Kier alpha value is -1.46. The van der Waals surface area contributed by atoms with E-state index in [4.69, 9.17) is 10.2 Å². The van der Waals surface area contributed by atoms with Crippen LogP contribution in [0.4, 0.5) is 0 Å². The summed E-state index contributed by atoms with van der Waals surface area (Å²) in [7, 11) is 0. The molecule has 5 nitrogen and oxygen atoms in total. The molecule has 1 heterocycles. The zero-order chi connectivity index (χ0) is 13.8. The largest absolute Gasteiger partial charge is 0.394 e. The maximum absolute atomic E-state index is 11.9. The van der Waals surface area contributed by atoms with Crippen LogP contribution < -0.4 is 5.32 Å². The lowest BCUT2D eigenvalue weighted by Crippen LogP contribution is -2.51. The minimum absolute atomic E-state index is 0.308. The Kier molecular flexibility index (Phi) is 4.81. The molecule has 0 radical (unpaired) electrons. The lowest BCUT2D eigenvalue weighted by atomic mass is 10.0. The quantitative estimate of drug-likeness (QED) is 0.719. The Labute approximate surface area is 107 Å². The summed E-state index contributed by atoms with van der Waals surface area (Å²) in [4.78, 5) is 16.1. The first-order chi connectivity index (χ1) is 8.41. The first kappa shape index (κ1) is 14.6. The molecule has 18 heavy (non-hydrogen) atoms. The van der Waals surface area contributed by atoms with E-state index >= 15 is 0 Å². The zero-order valence-corrected chi connectivity index (χ0v) is 11.0. The molecule has 1 aromatic heterocycles. The molecule has 1 rings (SSSR count). The molecule has 0 atom stereocenters. The molecule has 3 N–H and O–H groups in total. The number of carbonyl (C=O) groups is 1. The normalized spacial score (nSPS) is 11.7.